The third kappa shape index (κ3) is 2.40. The molecule has 1 aromatic heterocycles. The van der Waals surface area contributed by atoms with Gasteiger partial charge < -0.3 is 0 Å². The standard InChI is InChI=1S/C30H22N4/c1-33-20-34(28-16-7-6-15-27(28)33)22-10-8-9-21(19-22)30(29-17-18-31-32-29)25-13-4-2-11-23(25)24-12-3-5-14-26(24)30/h2-19H,1H3,(H,31,32)/q+2. The number of fused-ring (bicyclic) bond motifs is 4. The van der Waals surface area contributed by atoms with Gasteiger partial charge in [0.2, 0.25) is 5.69 Å². The van der Waals surface area contributed by atoms with Crippen molar-refractivity contribution in [3.63, 3.8) is 0 Å². The second kappa shape index (κ2) is 6.98. The van der Waals surface area contributed by atoms with Crippen molar-refractivity contribution in [1.29, 1.82) is 0 Å². The summed E-state index contributed by atoms with van der Waals surface area (Å²) in [6.45, 7) is 0. The molecule has 0 unspecified atom stereocenters. The van der Waals surface area contributed by atoms with E-state index < -0.39 is 5.41 Å². The number of H-pyrrole nitrogens is 1. The van der Waals surface area contributed by atoms with Crippen molar-refractivity contribution < 1.29 is 4.58 Å². The minimum absolute atomic E-state index is 0.481. The van der Waals surface area contributed by atoms with Gasteiger partial charge in [-0.15, -0.1) is 0 Å². The smallest absolute Gasteiger partial charge is 0.281 e. The highest BCUT2D eigenvalue weighted by atomic mass is 15.2. The molecule has 0 saturated carbocycles. The predicted octanol–water partition coefficient (Wildman–Crippen LogP) is 6.07. The summed E-state index contributed by atoms with van der Waals surface area (Å²) >= 11 is 0. The summed E-state index contributed by atoms with van der Waals surface area (Å²) < 4.78 is 4.19. The van der Waals surface area contributed by atoms with Crippen LogP contribution in [0, 0.1) is 0 Å². The molecule has 160 valence electrons. The lowest BCUT2D eigenvalue weighted by molar-refractivity contribution is -0.394. The average molecular weight is 439 g/mol. The van der Waals surface area contributed by atoms with Crippen LogP contribution in [-0.2, 0) is 5.41 Å². The molecule has 0 fully saturated rings. The van der Waals surface area contributed by atoms with E-state index in [0.29, 0.717) is 0 Å². The second-order valence-corrected chi connectivity index (χ2v) is 8.84. The van der Waals surface area contributed by atoms with Crippen molar-refractivity contribution >= 4 is 23.1 Å². The Morgan fingerprint density at radius 3 is 2.12 bits per heavy atom. The first-order valence-corrected chi connectivity index (χ1v) is 11.5. The van der Waals surface area contributed by atoms with Gasteiger partial charge in [0.15, 0.2) is 7.05 Å². The number of para-hydroxylation sites is 2. The molecule has 0 spiro atoms. The number of nitrogens with zero attached hydrogens (tertiary/aromatic N) is 3. The highest BCUT2D eigenvalue weighted by Crippen LogP contribution is 2.55. The molecule has 34 heavy (non-hydrogen) atoms. The number of aromatic nitrogens is 2. The molecule has 5 aromatic rings. The summed E-state index contributed by atoms with van der Waals surface area (Å²) in [5, 5.41) is 7.69. The summed E-state index contributed by atoms with van der Waals surface area (Å²) in [7, 11) is 2.04. The summed E-state index contributed by atoms with van der Waals surface area (Å²) in [6, 6.07) is 40.3. The van der Waals surface area contributed by atoms with Crippen LogP contribution in [0.25, 0.3) is 11.1 Å². The largest absolute Gasteiger partial charge is 0.496 e. The van der Waals surface area contributed by atoms with Crippen LogP contribution in [0.2, 0.25) is 0 Å². The van der Waals surface area contributed by atoms with Crippen LogP contribution in [0.15, 0.2) is 109 Å². The number of hydrogen-bond donors (Lipinski definition) is 1. The number of rotatable bonds is 3. The zero-order chi connectivity index (χ0) is 22.7. The van der Waals surface area contributed by atoms with E-state index in [0.717, 1.165) is 22.8 Å². The van der Waals surface area contributed by atoms with Crippen LogP contribution in [0.5, 0.6) is 0 Å². The van der Waals surface area contributed by atoms with Crippen molar-refractivity contribution in [3.8, 4) is 11.1 Å². The molecular weight excluding hydrogens is 416 g/mol. The maximum absolute atomic E-state index is 4.37. The molecular formula is C30H22N4+2. The topological polar surface area (TPSA) is 34.7 Å². The van der Waals surface area contributed by atoms with E-state index in [4.69, 9.17) is 0 Å². The number of benzene rings is 4. The van der Waals surface area contributed by atoms with Crippen LogP contribution in [0.3, 0.4) is 0 Å². The minimum atomic E-state index is -0.481. The van der Waals surface area contributed by atoms with E-state index in [-0.39, 0.29) is 0 Å². The molecule has 7 rings (SSSR count). The van der Waals surface area contributed by atoms with Crippen LogP contribution >= 0.6 is 0 Å². The fourth-order valence-electron chi connectivity index (χ4n) is 5.73. The van der Waals surface area contributed by atoms with Crippen molar-refractivity contribution in [3.05, 3.63) is 132 Å². The molecule has 1 aliphatic heterocycles. The summed E-state index contributed by atoms with van der Waals surface area (Å²) in [5.41, 5.74) is 10.2. The summed E-state index contributed by atoms with van der Waals surface area (Å²) in [6.07, 6.45) is 1.84. The normalized spacial score (nSPS) is 14.7. The van der Waals surface area contributed by atoms with Gasteiger partial charge in [-0.25, -0.2) is 0 Å². The quantitative estimate of drug-likeness (QED) is 0.335. The molecule has 4 heteroatoms. The molecule has 0 saturated heterocycles. The molecule has 0 bridgehead atoms. The predicted molar refractivity (Wildman–Crippen MR) is 135 cm³/mol. The highest BCUT2D eigenvalue weighted by Gasteiger charge is 2.47. The number of aromatic amines is 1. The van der Waals surface area contributed by atoms with Gasteiger partial charge in [-0.3, -0.25) is 5.10 Å². The monoisotopic (exact) mass is 438 g/mol. The van der Waals surface area contributed by atoms with Gasteiger partial charge in [0.05, 0.1) is 11.1 Å². The fraction of sp³-hybridized carbons (Fsp3) is 0.0667. The van der Waals surface area contributed by atoms with E-state index in [9.17, 15) is 0 Å². The third-order valence-electron chi connectivity index (χ3n) is 7.13. The Labute approximate surface area is 197 Å². The highest BCUT2D eigenvalue weighted by molar-refractivity contribution is 5.86. The van der Waals surface area contributed by atoms with Gasteiger partial charge in [0, 0.05) is 30.5 Å². The molecule has 0 atom stereocenters. The summed E-state index contributed by atoms with van der Waals surface area (Å²) in [5.74, 6) is 0. The van der Waals surface area contributed by atoms with Crippen molar-refractivity contribution in [2.24, 2.45) is 0 Å². The molecule has 2 aliphatic rings. The Hall–Kier alpha value is -4.53. The van der Waals surface area contributed by atoms with E-state index in [2.05, 4.69) is 124 Å². The SMILES string of the molecule is C[N+]1=C=[N+](c2cccc(C3(c4ccn[nH]4)c4ccccc4-c4ccccc43)c2)c2ccccc21. The second-order valence-electron chi connectivity index (χ2n) is 8.84. The lowest BCUT2D eigenvalue weighted by atomic mass is 9.70. The van der Waals surface area contributed by atoms with E-state index in [1.807, 2.05) is 17.8 Å². The third-order valence-corrected chi connectivity index (χ3v) is 7.13. The molecule has 0 radical (unpaired) electrons. The summed E-state index contributed by atoms with van der Waals surface area (Å²) in [4.78, 5) is 0. The van der Waals surface area contributed by atoms with Gasteiger partial charge in [0.1, 0.15) is 0 Å². The van der Waals surface area contributed by atoms with Gasteiger partial charge in [-0.2, -0.15) is 5.10 Å². The number of hydrogen-bond acceptors (Lipinski definition) is 1. The minimum Gasteiger partial charge on any atom is -0.281 e. The van der Waals surface area contributed by atoms with Gasteiger partial charge in [0.25, 0.3) is 11.4 Å². The average Bonchev–Trinajstić information content (AvgIpc) is 3.61. The molecule has 4 aromatic carbocycles. The van der Waals surface area contributed by atoms with Crippen molar-refractivity contribution in [2.45, 2.75) is 5.41 Å². The van der Waals surface area contributed by atoms with Crippen molar-refractivity contribution in [2.75, 3.05) is 7.05 Å². The molecule has 1 N–H and O–H groups in total. The van der Waals surface area contributed by atoms with Crippen molar-refractivity contribution in [1.82, 2.24) is 14.8 Å². The Morgan fingerprint density at radius 1 is 0.735 bits per heavy atom. The zero-order valence-corrected chi connectivity index (χ0v) is 18.7. The van der Waals surface area contributed by atoms with Crippen LogP contribution in [0.1, 0.15) is 22.4 Å². The fourth-order valence-corrected chi connectivity index (χ4v) is 5.73. The van der Waals surface area contributed by atoms with Crippen LogP contribution in [-0.4, -0.2) is 27.8 Å². The first kappa shape index (κ1) is 19.0. The first-order valence-electron chi connectivity index (χ1n) is 11.5. The van der Waals surface area contributed by atoms with Gasteiger partial charge in [-0.05, 0) is 38.5 Å². The van der Waals surface area contributed by atoms with E-state index in [1.165, 1.54) is 27.8 Å². The Balaban J connectivity index is 1.54. The van der Waals surface area contributed by atoms with E-state index >= 15 is 0 Å². The molecule has 1 aliphatic carbocycles. The lowest BCUT2D eigenvalue weighted by Gasteiger charge is -2.31. The first-order chi connectivity index (χ1) is 16.8. The Kier molecular flexibility index (Phi) is 3.90. The molecule has 0 amide bonds. The lowest BCUT2D eigenvalue weighted by Crippen LogP contribution is -2.29. The van der Waals surface area contributed by atoms with Crippen LogP contribution < -0.4 is 4.58 Å². The Morgan fingerprint density at radius 2 is 1.41 bits per heavy atom. The molecule has 2 heterocycles. The van der Waals surface area contributed by atoms with Gasteiger partial charge >= 0.3 is 6.01 Å². The van der Waals surface area contributed by atoms with E-state index in [1.54, 1.807) is 0 Å². The molecule has 4 nitrogen and oxygen atoms in total. The van der Waals surface area contributed by atoms with Gasteiger partial charge in [-0.1, -0.05) is 77.4 Å². The van der Waals surface area contributed by atoms with Crippen LogP contribution in [0.4, 0.5) is 17.1 Å². The number of nitrogens with one attached hydrogen (secondary N) is 1. The Bertz CT molecular complexity index is 1610. The zero-order valence-electron chi connectivity index (χ0n) is 18.7. The maximum Gasteiger partial charge on any atom is 0.496 e. The maximum atomic E-state index is 4.37.